The smallest absolute Gasteiger partial charge is 0.339 e. The van der Waals surface area contributed by atoms with Gasteiger partial charge in [0.2, 0.25) is 0 Å². The number of carboxylic acids is 2. The normalized spacial score (nSPS) is 15.2. The van der Waals surface area contributed by atoms with Crippen LogP contribution in [0.4, 0.5) is 0 Å². The molecule has 198 valence electrons. The molecular formula is C28H34N2O7. The summed E-state index contributed by atoms with van der Waals surface area (Å²) < 4.78 is 11.6. The second-order valence-electron chi connectivity index (χ2n) is 9.11. The first-order valence-corrected chi connectivity index (χ1v) is 12.4. The summed E-state index contributed by atoms with van der Waals surface area (Å²) in [5, 5.41) is 21.9. The van der Waals surface area contributed by atoms with Gasteiger partial charge in [-0.2, -0.15) is 0 Å². The van der Waals surface area contributed by atoms with Crippen molar-refractivity contribution in [2.45, 2.75) is 58.3 Å². The summed E-state index contributed by atoms with van der Waals surface area (Å²) in [5.41, 5.74) is 1.93. The van der Waals surface area contributed by atoms with E-state index in [0.29, 0.717) is 24.2 Å². The zero-order valence-corrected chi connectivity index (χ0v) is 21.2. The largest absolute Gasteiger partial charge is 0.485 e. The first-order chi connectivity index (χ1) is 17.7. The lowest BCUT2D eigenvalue weighted by Gasteiger charge is -2.29. The maximum Gasteiger partial charge on any atom is 0.339 e. The number of carbonyl (C=O) groups is 3. The van der Waals surface area contributed by atoms with Gasteiger partial charge in [-0.3, -0.25) is 14.5 Å². The molecule has 0 aliphatic carbocycles. The predicted octanol–water partition coefficient (Wildman–Crippen LogP) is 4.11. The van der Waals surface area contributed by atoms with Crippen molar-refractivity contribution in [3.63, 3.8) is 0 Å². The van der Waals surface area contributed by atoms with Crippen molar-refractivity contribution in [2.75, 3.05) is 13.2 Å². The van der Waals surface area contributed by atoms with Crippen molar-refractivity contribution in [1.82, 2.24) is 10.2 Å². The Kier molecular flexibility index (Phi) is 9.68. The quantitative estimate of drug-likeness (QED) is 0.344. The Morgan fingerprint density at radius 2 is 1.89 bits per heavy atom. The van der Waals surface area contributed by atoms with Crippen molar-refractivity contribution in [1.29, 1.82) is 0 Å². The fraction of sp³-hybridized carbons (Fsp3) is 0.393. The molecule has 2 atom stereocenters. The van der Waals surface area contributed by atoms with Crippen LogP contribution in [0.3, 0.4) is 0 Å². The molecule has 3 N–H and O–H groups in total. The van der Waals surface area contributed by atoms with Crippen LogP contribution in [0.15, 0.2) is 49.1 Å². The lowest BCUT2D eigenvalue weighted by molar-refractivity contribution is -0.137. The molecule has 9 nitrogen and oxygen atoms in total. The molecule has 1 aliphatic rings. The Morgan fingerprint density at radius 1 is 1.16 bits per heavy atom. The average Bonchev–Trinajstić information content (AvgIpc) is 2.87. The zero-order valence-electron chi connectivity index (χ0n) is 21.2. The predicted molar refractivity (Wildman–Crippen MR) is 138 cm³/mol. The van der Waals surface area contributed by atoms with E-state index in [0.717, 1.165) is 12.0 Å². The summed E-state index contributed by atoms with van der Waals surface area (Å²) in [7, 11) is 0. The number of ether oxygens (including phenoxy) is 2. The number of carbonyl (C=O) groups excluding carboxylic acids is 1. The molecule has 1 amide bonds. The number of rotatable bonds is 13. The number of nitrogens with zero attached hydrogens (tertiary/aromatic N) is 1. The van der Waals surface area contributed by atoms with E-state index in [2.05, 4.69) is 11.9 Å². The van der Waals surface area contributed by atoms with Crippen LogP contribution in [0, 0.1) is 0 Å². The number of amides is 1. The molecule has 0 fully saturated rings. The summed E-state index contributed by atoms with van der Waals surface area (Å²) in [6.45, 7) is 9.00. The van der Waals surface area contributed by atoms with Gasteiger partial charge in [-0.15, -0.1) is 6.58 Å². The second-order valence-corrected chi connectivity index (χ2v) is 9.11. The molecule has 1 heterocycles. The van der Waals surface area contributed by atoms with Crippen molar-refractivity contribution in [3.8, 4) is 11.5 Å². The van der Waals surface area contributed by atoms with Gasteiger partial charge in [0.15, 0.2) is 11.5 Å². The molecule has 0 radical (unpaired) electrons. The maximum atomic E-state index is 12.9. The van der Waals surface area contributed by atoms with Gasteiger partial charge in [0, 0.05) is 37.7 Å². The number of aromatic carboxylic acids is 1. The first kappa shape index (κ1) is 27.7. The van der Waals surface area contributed by atoms with E-state index in [-0.39, 0.29) is 55.0 Å². The van der Waals surface area contributed by atoms with Crippen LogP contribution in [0.25, 0.3) is 0 Å². The van der Waals surface area contributed by atoms with Crippen molar-refractivity contribution in [2.24, 2.45) is 0 Å². The average molecular weight is 511 g/mol. The highest BCUT2D eigenvalue weighted by atomic mass is 16.6. The molecule has 37 heavy (non-hydrogen) atoms. The van der Waals surface area contributed by atoms with Crippen molar-refractivity contribution < 1.29 is 34.1 Å². The van der Waals surface area contributed by atoms with E-state index in [9.17, 15) is 19.5 Å². The van der Waals surface area contributed by atoms with Crippen LogP contribution < -0.4 is 14.8 Å². The zero-order chi connectivity index (χ0) is 26.9. The van der Waals surface area contributed by atoms with Gasteiger partial charge in [-0.1, -0.05) is 37.3 Å². The van der Waals surface area contributed by atoms with E-state index < -0.39 is 18.0 Å². The monoisotopic (exact) mass is 510 g/mol. The Balaban J connectivity index is 1.84. The number of hydrogen-bond donors (Lipinski definition) is 3. The molecule has 0 unspecified atom stereocenters. The summed E-state index contributed by atoms with van der Waals surface area (Å²) in [4.78, 5) is 38.0. The van der Waals surface area contributed by atoms with Crippen LogP contribution in [0.2, 0.25) is 0 Å². The van der Waals surface area contributed by atoms with E-state index >= 15 is 0 Å². The van der Waals surface area contributed by atoms with E-state index in [4.69, 9.17) is 14.6 Å². The molecule has 2 aromatic rings. The van der Waals surface area contributed by atoms with Crippen molar-refractivity contribution >= 4 is 17.8 Å². The van der Waals surface area contributed by atoms with Gasteiger partial charge in [0.1, 0.15) is 18.3 Å². The minimum Gasteiger partial charge on any atom is -0.485 e. The number of hydrogen-bond acceptors (Lipinski definition) is 6. The van der Waals surface area contributed by atoms with Gasteiger partial charge in [-0.25, -0.2) is 4.79 Å². The van der Waals surface area contributed by atoms with Crippen LogP contribution in [0.1, 0.15) is 65.0 Å². The van der Waals surface area contributed by atoms with Crippen molar-refractivity contribution in [3.05, 3.63) is 71.3 Å². The Hall–Kier alpha value is -3.85. The highest BCUT2D eigenvalue weighted by Gasteiger charge is 2.29. The third-order valence-electron chi connectivity index (χ3n) is 6.24. The SMILES string of the molecule is C=CCN(Cc1ccccc1C(=O)N[C@H](C)CC)Cc1ccc2c(c1C(=O)O)OC[C@H](CCC(=O)O)O2. The van der Waals surface area contributed by atoms with Crippen LogP contribution in [-0.2, 0) is 17.9 Å². The number of nitrogens with one attached hydrogen (secondary N) is 1. The molecule has 0 saturated carbocycles. The van der Waals surface area contributed by atoms with Gasteiger partial charge < -0.3 is 25.0 Å². The lowest BCUT2D eigenvalue weighted by atomic mass is 10.0. The second kappa shape index (κ2) is 12.9. The summed E-state index contributed by atoms with van der Waals surface area (Å²) in [5.74, 6) is -1.80. The Bertz CT molecular complexity index is 1150. The number of fused-ring (bicyclic) bond motifs is 1. The van der Waals surface area contributed by atoms with Crippen LogP contribution in [-0.4, -0.2) is 58.3 Å². The molecule has 2 aromatic carbocycles. The molecule has 0 bridgehead atoms. The lowest BCUT2D eigenvalue weighted by Crippen LogP contribution is -2.33. The molecule has 0 spiro atoms. The van der Waals surface area contributed by atoms with E-state index in [1.165, 1.54) is 0 Å². The summed E-state index contributed by atoms with van der Waals surface area (Å²) in [6.07, 6.45) is 2.27. The highest BCUT2D eigenvalue weighted by molar-refractivity contribution is 5.96. The fourth-order valence-electron chi connectivity index (χ4n) is 4.16. The summed E-state index contributed by atoms with van der Waals surface area (Å²) >= 11 is 0. The third kappa shape index (κ3) is 7.33. The van der Waals surface area contributed by atoms with Crippen LogP contribution in [0.5, 0.6) is 11.5 Å². The molecular weight excluding hydrogens is 476 g/mol. The first-order valence-electron chi connectivity index (χ1n) is 12.4. The maximum absolute atomic E-state index is 12.9. The van der Waals surface area contributed by atoms with E-state index in [1.54, 1.807) is 24.3 Å². The number of benzene rings is 2. The van der Waals surface area contributed by atoms with Gasteiger partial charge in [0.25, 0.3) is 5.91 Å². The third-order valence-corrected chi connectivity index (χ3v) is 6.24. The summed E-state index contributed by atoms with van der Waals surface area (Å²) in [6, 6.07) is 10.7. The molecule has 9 heteroatoms. The van der Waals surface area contributed by atoms with Gasteiger partial charge in [0.05, 0.1) is 0 Å². The Labute approximate surface area is 216 Å². The fourth-order valence-corrected chi connectivity index (χ4v) is 4.16. The van der Waals surface area contributed by atoms with Gasteiger partial charge >= 0.3 is 11.9 Å². The minimum atomic E-state index is -1.15. The molecule has 3 rings (SSSR count). The standard InChI is InChI=1S/C28H34N2O7/c1-4-14-30(15-19-8-6-7-9-22(19)27(33)29-18(3)5-2)16-20-10-12-23-26(25(20)28(34)35)36-17-21(37-23)11-13-24(31)32/h4,6-10,12,18,21H,1,5,11,13-17H2,2-3H3,(H,29,33)(H,31,32)(H,34,35)/t18-,21+/m1/s1. The molecule has 1 aliphatic heterocycles. The topological polar surface area (TPSA) is 125 Å². The number of aliphatic carboxylic acids is 1. The molecule has 0 aromatic heterocycles. The minimum absolute atomic E-state index is 0.00560. The van der Waals surface area contributed by atoms with Crippen LogP contribution >= 0.6 is 0 Å². The van der Waals surface area contributed by atoms with E-state index in [1.807, 2.05) is 36.9 Å². The number of carboxylic acid groups (broad SMARTS) is 2. The van der Waals surface area contributed by atoms with Gasteiger partial charge in [-0.05, 0) is 43.0 Å². The highest BCUT2D eigenvalue weighted by Crippen LogP contribution is 2.38. The Morgan fingerprint density at radius 3 is 2.57 bits per heavy atom. The molecule has 0 saturated heterocycles.